The van der Waals surface area contributed by atoms with E-state index >= 15 is 0 Å². The van der Waals surface area contributed by atoms with Gasteiger partial charge in [-0.25, -0.2) is 9.37 Å². The van der Waals surface area contributed by atoms with Crippen molar-refractivity contribution in [2.75, 3.05) is 20.3 Å². The van der Waals surface area contributed by atoms with Crippen LogP contribution in [0.4, 0.5) is 4.39 Å². The Hall–Kier alpha value is -2.21. The first-order valence-electron chi connectivity index (χ1n) is 9.19. The number of rotatable bonds is 6. The maximum absolute atomic E-state index is 13.4. The number of carbonyl (C=O) groups is 1. The Morgan fingerprint density at radius 2 is 2.23 bits per heavy atom. The molecule has 0 bridgehead atoms. The van der Waals surface area contributed by atoms with Gasteiger partial charge in [0.2, 0.25) is 5.91 Å². The second-order valence-corrected chi connectivity index (χ2v) is 7.41. The van der Waals surface area contributed by atoms with Crippen molar-refractivity contribution in [3.05, 3.63) is 53.4 Å². The molecule has 26 heavy (non-hydrogen) atoms. The topological polar surface area (TPSA) is 47.4 Å². The number of ether oxygens (including phenoxy) is 1. The minimum atomic E-state index is -0.313. The van der Waals surface area contributed by atoms with E-state index in [0.29, 0.717) is 25.3 Å². The number of benzene rings is 1. The maximum atomic E-state index is 13.4. The van der Waals surface area contributed by atoms with Crippen molar-refractivity contribution in [3.8, 4) is 0 Å². The predicted octanol–water partition coefficient (Wildman–Crippen LogP) is 2.75. The Morgan fingerprint density at radius 1 is 1.38 bits per heavy atom. The average molecular weight is 357 g/mol. The highest BCUT2D eigenvalue weighted by atomic mass is 19.1. The van der Waals surface area contributed by atoms with E-state index in [2.05, 4.69) is 9.55 Å². The molecule has 1 aliphatic heterocycles. The van der Waals surface area contributed by atoms with Gasteiger partial charge in [0.25, 0.3) is 0 Å². The van der Waals surface area contributed by atoms with E-state index < -0.39 is 0 Å². The number of halogens is 1. The number of amides is 1. The van der Waals surface area contributed by atoms with Crippen LogP contribution in [0.3, 0.4) is 0 Å². The molecule has 2 aromatic rings. The molecule has 1 aliphatic carbocycles. The molecule has 6 heteroatoms. The van der Waals surface area contributed by atoms with Gasteiger partial charge >= 0.3 is 0 Å². The normalized spacial score (nSPS) is 19.5. The van der Waals surface area contributed by atoms with Crippen LogP contribution in [0, 0.1) is 11.7 Å². The van der Waals surface area contributed by atoms with Crippen LogP contribution in [0.2, 0.25) is 0 Å². The zero-order chi connectivity index (χ0) is 18.1. The van der Waals surface area contributed by atoms with Crippen molar-refractivity contribution < 1.29 is 13.9 Å². The molecule has 0 saturated heterocycles. The average Bonchev–Trinajstić information content (AvgIpc) is 3.34. The lowest BCUT2D eigenvalue weighted by Crippen LogP contribution is -2.41. The Morgan fingerprint density at radius 3 is 2.96 bits per heavy atom. The minimum Gasteiger partial charge on any atom is -0.384 e. The van der Waals surface area contributed by atoms with Crippen LogP contribution in [0.1, 0.15) is 35.7 Å². The molecular formula is C20H24FN3O2. The molecule has 2 heterocycles. The van der Waals surface area contributed by atoms with E-state index in [1.54, 1.807) is 19.2 Å². The predicted molar refractivity (Wildman–Crippen MR) is 95.1 cm³/mol. The third-order valence-electron chi connectivity index (χ3n) is 5.24. The second-order valence-electron chi connectivity index (χ2n) is 7.41. The van der Waals surface area contributed by atoms with Crippen molar-refractivity contribution in [2.45, 2.75) is 38.3 Å². The highest BCUT2D eigenvalue weighted by Gasteiger charge is 2.33. The van der Waals surface area contributed by atoms with Crippen LogP contribution in [0.25, 0.3) is 0 Å². The van der Waals surface area contributed by atoms with Gasteiger partial charge in [0.1, 0.15) is 5.82 Å². The fourth-order valence-electron chi connectivity index (χ4n) is 3.80. The van der Waals surface area contributed by atoms with Gasteiger partial charge in [-0.05, 0) is 36.5 Å². The Kier molecular flexibility index (Phi) is 4.76. The van der Waals surface area contributed by atoms with E-state index in [1.165, 1.54) is 30.7 Å². The zero-order valence-corrected chi connectivity index (χ0v) is 15.0. The largest absolute Gasteiger partial charge is 0.384 e. The molecule has 4 rings (SSSR count). The van der Waals surface area contributed by atoms with Crippen LogP contribution in [-0.2, 0) is 29.0 Å². The summed E-state index contributed by atoms with van der Waals surface area (Å²) in [6, 6.07) is 6.24. The molecule has 1 amide bonds. The minimum absolute atomic E-state index is 0.000837. The molecule has 0 spiro atoms. The van der Waals surface area contributed by atoms with E-state index in [1.807, 2.05) is 11.2 Å². The molecule has 1 saturated carbocycles. The fourth-order valence-corrected chi connectivity index (χ4v) is 3.80. The summed E-state index contributed by atoms with van der Waals surface area (Å²) in [4.78, 5) is 19.2. The molecule has 0 radical (unpaired) electrons. The Bertz CT molecular complexity index is 800. The first-order chi connectivity index (χ1) is 12.6. The van der Waals surface area contributed by atoms with E-state index in [0.717, 1.165) is 18.2 Å². The van der Waals surface area contributed by atoms with E-state index in [-0.39, 0.29) is 24.1 Å². The SMILES string of the molecule is COC[C@@H]1CN(C(=O)Cc2cccc(F)c2)Cc2ncn(CC3CC3)c21. The summed E-state index contributed by atoms with van der Waals surface area (Å²) in [6.07, 6.45) is 4.70. The standard InChI is InChI=1S/C20H24FN3O2/c1-26-12-16-10-23(19(25)8-15-3-2-4-17(21)7-15)11-18-20(16)24(13-22-18)9-14-5-6-14/h2-4,7,13-14,16H,5-6,8-12H2,1H3/t16-/m0/s1. The molecule has 138 valence electrons. The van der Waals surface area contributed by atoms with Crippen molar-refractivity contribution >= 4 is 5.91 Å². The highest BCUT2D eigenvalue weighted by Crippen LogP contribution is 2.34. The summed E-state index contributed by atoms with van der Waals surface area (Å²) < 4.78 is 21.0. The summed E-state index contributed by atoms with van der Waals surface area (Å²) in [7, 11) is 1.69. The molecule has 2 aliphatic rings. The number of carbonyl (C=O) groups excluding carboxylic acids is 1. The fraction of sp³-hybridized carbons (Fsp3) is 0.500. The highest BCUT2D eigenvalue weighted by molar-refractivity contribution is 5.79. The molecule has 5 nitrogen and oxygen atoms in total. The Labute approximate surface area is 152 Å². The smallest absolute Gasteiger partial charge is 0.227 e. The van der Waals surface area contributed by atoms with Gasteiger partial charge in [-0.2, -0.15) is 0 Å². The quantitative estimate of drug-likeness (QED) is 0.799. The van der Waals surface area contributed by atoms with Gasteiger partial charge in [0.15, 0.2) is 0 Å². The third kappa shape index (κ3) is 3.65. The molecular weight excluding hydrogens is 333 g/mol. The summed E-state index contributed by atoms with van der Waals surface area (Å²) >= 11 is 0. The number of hydrogen-bond acceptors (Lipinski definition) is 3. The molecule has 1 atom stereocenters. The van der Waals surface area contributed by atoms with Crippen molar-refractivity contribution in [1.29, 1.82) is 0 Å². The summed E-state index contributed by atoms with van der Waals surface area (Å²) in [5.74, 6) is 0.581. The summed E-state index contributed by atoms with van der Waals surface area (Å²) in [6.45, 7) is 2.71. The van der Waals surface area contributed by atoms with Gasteiger partial charge in [-0.15, -0.1) is 0 Å². The number of imidazole rings is 1. The lowest BCUT2D eigenvalue weighted by molar-refractivity contribution is -0.132. The van der Waals surface area contributed by atoms with Crippen LogP contribution in [-0.4, -0.2) is 40.6 Å². The third-order valence-corrected chi connectivity index (χ3v) is 5.24. The van der Waals surface area contributed by atoms with E-state index in [9.17, 15) is 9.18 Å². The van der Waals surface area contributed by atoms with Crippen LogP contribution in [0.15, 0.2) is 30.6 Å². The zero-order valence-electron chi connectivity index (χ0n) is 15.0. The number of nitrogens with zero attached hydrogens (tertiary/aromatic N) is 3. The summed E-state index contributed by atoms with van der Waals surface area (Å²) in [5.41, 5.74) is 2.88. The van der Waals surface area contributed by atoms with Gasteiger partial charge in [-0.1, -0.05) is 12.1 Å². The van der Waals surface area contributed by atoms with E-state index in [4.69, 9.17) is 4.74 Å². The molecule has 0 unspecified atom stereocenters. The van der Waals surface area contributed by atoms with Gasteiger partial charge < -0.3 is 14.2 Å². The second kappa shape index (κ2) is 7.19. The molecule has 1 aromatic heterocycles. The van der Waals surface area contributed by atoms with Gasteiger partial charge in [-0.3, -0.25) is 4.79 Å². The van der Waals surface area contributed by atoms with Crippen molar-refractivity contribution in [3.63, 3.8) is 0 Å². The van der Waals surface area contributed by atoms with Crippen LogP contribution < -0.4 is 0 Å². The van der Waals surface area contributed by atoms with Crippen molar-refractivity contribution in [1.82, 2.24) is 14.5 Å². The van der Waals surface area contributed by atoms with Crippen LogP contribution >= 0.6 is 0 Å². The van der Waals surface area contributed by atoms with Crippen molar-refractivity contribution in [2.24, 2.45) is 5.92 Å². The van der Waals surface area contributed by atoms with Gasteiger partial charge in [0.05, 0.1) is 31.6 Å². The number of fused-ring (bicyclic) bond motifs is 1. The number of methoxy groups -OCH3 is 1. The summed E-state index contributed by atoms with van der Waals surface area (Å²) in [5, 5.41) is 0. The maximum Gasteiger partial charge on any atom is 0.227 e. The monoisotopic (exact) mass is 357 g/mol. The first kappa shape index (κ1) is 17.2. The molecule has 0 N–H and O–H groups in total. The number of hydrogen-bond donors (Lipinski definition) is 0. The molecule has 1 fully saturated rings. The van der Waals surface area contributed by atoms with Crippen LogP contribution in [0.5, 0.6) is 0 Å². The first-order valence-corrected chi connectivity index (χ1v) is 9.19. The number of aromatic nitrogens is 2. The molecule has 1 aromatic carbocycles. The van der Waals surface area contributed by atoms with Gasteiger partial charge in [0, 0.05) is 31.8 Å². The Balaban J connectivity index is 1.52. The lowest BCUT2D eigenvalue weighted by Gasteiger charge is -2.33. The lowest BCUT2D eigenvalue weighted by atomic mass is 9.98.